The standard InChI is InChI=1S/C12H14N4OS/c1-8(2)10-6-18-11(16-10)5-15-12(17)9-3-13-7-14-4-9/h3-4,6-8H,5H2,1-2H3,(H,15,17). The third kappa shape index (κ3) is 3.10. The minimum Gasteiger partial charge on any atom is -0.345 e. The Hall–Kier alpha value is -1.82. The Bertz CT molecular complexity index is 524. The Labute approximate surface area is 109 Å². The summed E-state index contributed by atoms with van der Waals surface area (Å²) >= 11 is 1.56. The third-order valence-corrected chi connectivity index (χ3v) is 3.25. The maximum atomic E-state index is 11.7. The summed E-state index contributed by atoms with van der Waals surface area (Å²) < 4.78 is 0. The van der Waals surface area contributed by atoms with E-state index in [1.54, 1.807) is 11.3 Å². The number of hydrogen-bond acceptors (Lipinski definition) is 5. The first kappa shape index (κ1) is 12.6. The number of carbonyl (C=O) groups excluding carboxylic acids is 1. The fourth-order valence-electron chi connectivity index (χ4n) is 1.35. The monoisotopic (exact) mass is 262 g/mol. The molecule has 0 fully saturated rings. The van der Waals surface area contributed by atoms with Crippen molar-refractivity contribution in [2.75, 3.05) is 0 Å². The Morgan fingerprint density at radius 2 is 2.11 bits per heavy atom. The summed E-state index contributed by atoms with van der Waals surface area (Å²) in [5.41, 5.74) is 1.52. The largest absolute Gasteiger partial charge is 0.345 e. The normalized spacial score (nSPS) is 10.6. The topological polar surface area (TPSA) is 67.8 Å². The van der Waals surface area contributed by atoms with Crippen LogP contribution in [-0.2, 0) is 6.54 Å². The maximum Gasteiger partial charge on any atom is 0.254 e. The van der Waals surface area contributed by atoms with Crippen LogP contribution in [-0.4, -0.2) is 20.9 Å². The number of nitrogens with zero attached hydrogens (tertiary/aromatic N) is 3. The number of nitrogens with one attached hydrogen (secondary N) is 1. The lowest BCUT2D eigenvalue weighted by atomic mass is 10.2. The molecule has 2 aromatic rings. The molecular formula is C12H14N4OS. The van der Waals surface area contributed by atoms with E-state index in [1.807, 2.05) is 5.38 Å². The molecule has 2 heterocycles. The van der Waals surface area contributed by atoms with E-state index in [2.05, 4.69) is 34.1 Å². The lowest BCUT2D eigenvalue weighted by Crippen LogP contribution is -2.23. The Morgan fingerprint density at radius 1 is 1.39 bits per heavy atom. The van der Waals surface area contributed by atoms with Gasteiger partial charge in [0.25, 0.3) is 5.91 Å². The van der Waals surface area contributed by atoms with Crippen molar-refractivity contribution in [1.29, 1.82) is 0 Å². The molecule has 0 atom stereocenters. The van der Waals surface area contributed by atoms with E-state index in [9.17, 15) is 4.79 Å². The van der Waals surface area contributed by atoms with Crippen molar-refractivity contribution in [2.24, 2.45) is 0 Å². The van der Waals surface area contributed by atoms with E-state index < -0.39 is 0 Å². The predicted octanol–water partition coefficient (Wildman–Crippen LogP) is 1.99. The summed E-state index contributed by atoms with van der Waals surface area (Å²) in [4.78, 5) is 23.8. The number of rotatable bonds is 4. The smallest absolute Gasteiger partial charge is 0.254 e. The van der Waals surface area contributed by atoms with E-state index >= 15 is 0 Å². The highest BCUT2D eigenvalue weighted by Gasteiger charge is 2.08. The average molecular weight is 262 g/mol. The van der Waals surface area contributed by atoms with Crippen LogP contribution in [0.5, 0.6) is 0 Å². The van der Waals surface area contributed by atoms with E-state index in [4.69, 9.17) is 0 Å². The summed E-state index contributed by atoms with van der Waals surface area (Å²) in [6.45, 7) is 4.63. The van der Waals surface area contributed by atoms with Crippen LogP contribution in [0.3, 0.4) is 0 Å². The Kier molecular flexibility index (Phi) is 3.99. The SMILES string of the molecule is CC(C)c1csc(CNC(=O)c2cncnc2)n1. The number of carbonyl (C=O) groups is 1. The summed E-state index contributed by atoms with van der Waals surface area (Å²) in [5, 5.41) is 5.73. The van der Waals surface area contributed by atoms with Gasteiger partial charge in [-0.3, -0.25) is 4.79 Å². The lowest BCUT2D eigenvalue weighted by Gasteiger charge is -2.02. The quantitative estimate of drug-likeness (QED) is 0.915. The van der Waals surface area contributed by atoms with Crippen molar-refractivity contribution in [2.45, 2.75) is 26.3 Å². The van der Waals surface area contributed by atoms with Crippen LogP contribution in [0.1, 0.15) is 40.8 Å². The van der Waals surface area contributed by atoms with Gasteiger partial charge in [0.1, 0.15) is 11.3 Å². The molecule has 0 saturated carbocycles. The minimum atomic E-state index is -0.183. The van der Waals surface area contributed by atoms with Crippen molar-refractivity contribution in [1.82, 2.24) is 20.3 Å². The molecular weight excluding hydrogens is 248 g/mol. The molecule has 94 valence electrons. The van der Waals surface area contributed by atoms with Crippen LogP contribution in [0.15, 0.2) is 24.1 Å². The van der Waals surface area contributed by atoms with E-state index in [1.165, 1.54) is 18.7 Å². The summed E-state index contributed by atoms with van der Waals surface area (Å²) in [7, 11) is 0. The third-order valence-electron chi connectivity index (χ3n) is 2.38. The first-order valence-corrected chi connectivity index (χ1v) is 6.52. The van der Waals surface area contributed by atoms with E-state index in [0.29, 0.717) is 18.0 Å². The highest BCUT2D eigenvalue weighted by atomic mass is 32.1. The van der Waals surface area contributed by atoms with Crippen molar-refractivity contribution >= 4 is 17.2 Å². The zero-order chi connectivity index (χ0) is 13.0. The second-order valence-electron chi connectivity index (χ2n) is 4.13. The van der Waals surface area contributed by atoms with Gasteiger partial charge in [-0.2, -0.15) is 0 Å². The molecule has 1 N–H and O–H groups in total. The second-order valence-corrected chi connectivity index (χ2v) is 5.07. The van der Waals surface area contributed by atoms with Gasteiger partial charge in [-0.25, -0.2) is 15.0 Å². The van der Waals surface area contributed by atoms with Gasteiger partial charge in [-0.05, 0) is 5.92 Å². The van der Waals surface area contributed by atoms with Gasteiger partial charge >= 0.3 is 0 Å². The first-order chi connectivity index (χ1) is 8.66. The molecule has 0 bridgehead atoms. The molecule has 0 aliphatic heterocycles. The predicted molar refractivity (Wildman–Crippen MR) is 69.4 cm³/mol. The van der Waals surface area contributed by atoms with Crippen molar-refractivity contribution in [3.05, 3.63) is 40.4 Å². The number of aromatic nitrogens is 3. The molecule has 0 spiro atoms. The fourth-order valence-corrected chi connectivity index (χ4v) is 2.24. The van der Waals surface area contributed by atoms with Crippen LogP contribution in [0.25, 0.3) is 0 Å². The van der Waals surface area contributed by atoms with Gasteiger partial charge in [-0.15, -0.1) is 11.3 Å². The highest BCUT2D eigenvalue weighted by Crippen LogP contribution is 2.17. The number of amides is 1. The summed E-state index contributed by atoms with van der Waals surface area (Å²) in [6, 6.07) is 0. The van der Waals surface area contributed by atoms with Crippen molar-refractivity contribution in [3.63, 3.8) is 0 Å². The Balaban J connectivity index is 1.93. The van der Waals surface area contributed by atoms with Crippen molar-refractivity contribution in [3.8, 4) is 0 Å². The summed E-state index contributed by atoms with van der Waals surface area (Å²) in [5.74, 6) is 0.227. The number of hydrogen-bond donors (Lipinski definition) is 1. The summed E-state index contributed by atoms with van der Waals surface area (Å²) in [6.07, 6.45) is 4.37. The molecule has 2 aromatic heterocycles. The van der Waals surface area contributed by atoms with Gasteiger partial charge in [-0.1, -0.05) is 13.8 Å². The van der Waals surface area contributed by atoms with Crippen LogP contribution in [0.4, 0.5) is 0 Å². The molecule has 0 unspecified atom stereocenters. The van der Waals surface area contributed by atoms with Gasteiger partial charge in [0.15, 0.2) is 0 Å². The molecule has 0 aromatic carbocycles. The van der Waals surface area contributed by atoms with Crippen molar-refractivity contribution < 1.29 is 4.79 Å². The van der Waals surface area contributed by atoms with Gasteiger partial charge in [0.05, 0.1) is 17.8 Å². The molecule has 1 amide bonds. The molecule has 6 heteroatoms. The molecule has 0 radical (unpaired) electrons. The molecule has 0 saturated heterocycles. The zero-order valence-electron chi connectivity index (χ0n) is 10.3. The lowest BCUT2D eigenvalue weighted by molar-refractivity contribution is 0.0950. The highest BCUT2D eigenvalue weighted by molar-refractivity contribution is 7.09. The molecule has 0 aliphatic carbocycles. The maximum absolute atomic E-state index is 11.7. The molecule has 0 aliphatic rings. The molecule has 2 rings (SSSR count). The van der Waals surface area contributed by atoms with Crippen LogP contribution < -0.4 is 5.32 Å². The first-order valence-electron chi connectivity index (χ1n) is 5.64. The minimum absolute atomic E-state index is 0.183. The van der Waals surface area contributed by atoms with Crippen LogP contribution >= 0.6 is 11.3 Å². The van der Waals surface area contributed by atoms with E-state index in [0.717, 1.165) is 10.7 Å². The van der Waals surface area contributed by atoms with Gasteiger partial charge in [0, 0.05) is 17.8 Å². The molecule has 18 heavy (non-hydrogen) atoms. The van der Waals surface area contributed by atoms with Gasteiger partial charge < -0.3 is 5.32 Å². The second kappa shape index (κ2) is 5.68. The fraction of sp³-hybridized carbons (Fsp3) is 0.333. The van der Waals surface area contributed by atoms with Gasteiger partial charge in [0.2, 0.25) is 0 Å². The zero-order valence-corrected chi connectivity index (χ0v) is 11.1. The van der Waals surface area contributed by atoms with Crippen LogP contribution in [0, 0.1) is 0 Å². The average Bonchev–Trinajstić information content (AvgIpc) is 2.86. The Morgan fingerprint density at radius 3 is 2.72 bits per heavy atom. The number of thiazole rings is 1. The molecule has 5 nitrogen and oxygen atoms in total. The van der Waals surface area contributed by atoms with E-state index in [-0.39, 0.29) is 5.91 Å². The van der Waals surface area contributed by atoms with Crippen LogP contribution in [0.2, 0.25) is 0 Å².